The van der Waals surface area contributed by atoms with E-state index in [0.717, 1.165) is 24.2 Å². The number of ether oxygens (including phenoxy) is 1. The molecule has 0 spiro atoms. The van der Waals surface area contributed by atoms with Gasteiger partial charge in [0, 0.05) is 5.56 Å². The Morgan fingerprint density at radius 1 is 1.04 bits per heavy atom. The van der Waals surface area contributed by atoms with Crippen LogP contribution in [-0.4, -0.2) is 33.7 Å². The van der Waals surface area contributed by atoms with E-state index in [0.29, 0.717) is 6.54 Å². The number of amides is 1. The molecule has 2 atom stereocenters. The van der Waals surface area contributed by atoms with E-state index in [9.17, 15) is 4.79 Å². The molecule has 0 aliphatic heterocycles. The topological polar surface area (TPSA) is 42.8 Å². The molecule has 0 unspecified atom stereocenters. The summed E-state index contributed by atoms with van der Waals surface area (Å²) >= 11 is 0. The van der Waals surface area contributed by atoms with Crippen molar-refractivity contribution in [3.8, 4) is 5.75 Å². The Morgan fingerprint density at radius 2 is 1.69 bits per heavy atom. The van der Waals surface area contributed by atoms with Crippen LogP contribution in [0.3, 0.4) is 0 Å². The third kappa shape index (κ3) is 5.33. The molecule has 0 saturated heterocycles. The summed E-state index contributed by atoms with van der Waals surface area (Å²) in [4.78, 5) is 14.1. The maximum absolute atomic E-state index is 12.9. The minimum Gasteiger partial charge on any atom is -0.497 e. The van der Waals surface area contributed by atoms with E-state index in [2.05, 4.69) is 38.5 Å². The molecule has 4 heteroatoms. The van der Waals surface area contributed by atoms with Crippen LogP contribution in [-0.2, 0) is 4.79 Å². The molecule has 140 valence electrons. The zero-order chi connectivity index (χ0) is 18.9. The molecule has 4 nitrogen and oxygen atoms in total. The Labute approximate surface area is 157 Å². The van der Waals surface area contributed by atoms with Crippen LogP contribution < -0.4 is 15.0 Å². The van der Waals surface area contributed by atoms with Gasteiger partial charge in [-0.1, -0.05) is 43.7 Å². The first kappa shape index (κ1) is 20.0. The molecule has 0 saturated carbocycles. The largest absolute Gasteiger partial charge is 0.497 e. The van der Waals surface area contributed by atoms with Crippen LogP contribution in [0, 0.1) is 0 Å². The summed E-state index contributed by atoms with van der Waals surface area (Å²) < 4.78 is 5.24. The van der Waals surface area contributed by atoms with Crippen molar-refractivity contribution in [1.82, 2.24) is 5.32 Å². The number of hydrogen-bond acceptors (Lipinski definition) is 2. The van der Waals surface area contributed by atoms with E-state index >= 15 is 0 Å². The van der Waals surface area contributed by atoms with E-state index in [1.54, 1.807) is 7.11 Å². The smallest absolute Gasteiger partial charge is 0.227 e. The van der Waals surface area contributed by atoms with Crippen molar-refractivity contribution in [2.24, 2.45) is 0 Å². The number of carbonyl (C=O) groups is 1. The first-order valence-electron chi connectivity index (χ1n) is 9.33. The average Bonchev–Trinajstić information content (AvgIpc) is 2.67. The van der Waals surface area contributed by atoms with Crippen molar-refractivity contribution in [3.63, 3.8) is 0 Å². The van der Waals surface area contributed by atoms with Gasteiger partial charge in [0.05, 0.1) is 33.7 Å². The molecular weight excluding hydrogens is 324 g/mol. The van der Waals surface area contributed by atoms with Gasteiger partial charge >= 0.3 is 0 Å². The van der Waals surface area contributed by atoms with E-state index in [4.69, 9.17) is 4.74 Å². The predicted molar refractivity (Wildman–Crippen MR) is 106 cm³/mol. The first-order valence-corrected chi connectivity index (χ1v) is 9.33. The van der Waals surface area contributed by atoms with Gasteiger partial charge in [0.2, 0.25) is 5.91 Å². The zero-order valence-electron chi connectivity index (χ0n) is 16.3. The monoisotopic (exact) mass is 355 g/mol. The molecule has 26 heavy (non-hydrogen) atoms. The molecule has 1 amide bonds. The lowest BCUT2D eigenvalue weighted by atomic mass is 9.93. The fourth-order valence-electron chi connectivity index (χ4n) is 3.24. The molecular formula is C22H31N2O2+. The van der Waals surface area contributed by atoms with E-state index in [-0.39, 0.29) is 17.9 Å². The average molecular weight is 356 g/mol. The standard InChI is InChI=1S/C22H30N2O2/c1-5-9-20(17-10-7-6-8-11-17)22(25)23-16-21(24(2)3)18-12-14-19(26-4)15-13-18/h6-8,10-15,20-21H,5,9,16H2,1-4H3,(H,23,25)/p+1/t20-,21+/m0/s1. The Balaban J connectivity index is 2.07. The van der Waals surface area contributed by atoms with Crippen molar-refractivity contribution in [3.05, 3.63) is 65.7 Å². The predicted octanol–water partition coefficient (Wildman–Crippen LogP) is 2.58. The summed E-state index contributed by atoms with van der Waals surface area (Å²) in [5.74, 6) is 0.866. The lowest BCUT2D eigenvalue weighted by Crippen LogP contribution is -3.07. The fraction of sp³-hybridized carbons (Fsp3) is 0.409. The SMILES string of the molecule is CCC[C@H](C(=O)NC[C@H](c1ccc(OC)cc1)[NH+](C)C)c1ccccc1. The maximum atomic E-state index is 12.9. The summed E-state index contributed by atoms with van der Waals surface area (Å²) in [5, 5.41) is 3.18. The van der Waals surface area contributed by atoms with Gasteiger partial charge in [0.25, 0.3) is 0 Å². The van der Waals surface area contributed by atoms with Gasteiger partial charge in [-0.05, 0) is 36.2 Å². The molecule has 0 fully saturated rings. The highest BCUT2D eigenvalue weighted by atomic mass is 16.5. The van der Waals surface area contributed by atoms with Crippen LogP contribution in [0.1, 0.15) is 42.9 Å². The van der Waals surface area contributed by atoms with E-state index in [1.807, 2.05) is 42.5 Å². The first-order chi connectivity index (χ1) is 12.6. The minimum atomic E-state index is -0.0881. The van der Waals surface area contributed by atoms with Crippen LogP contribution in [0.15, 0.2) is 54.6 Å². The van der Waals surface area contributed by atoms with Crippen LogP contribution in [0.2, 0.25) is 0 Å². The van der Waals surface area contributed by atoms with Crippen molar-refractivity contribution in [2.45, 2.75) is 31.7 Å². The van der Waals surface area contributed by atoms with Crippen molar-refractivity contribution in [2.75, 3.05) is 27.7 Å². The fourth-order valence-corrected chi connectivity index (χ4v) is 3.24. The molecule has 0 heterocycles. The normalized spacial score (nSPS) is 13.3. The highest BCUT2D eigenvalue weighted by Crippen LogP contribution is 2.22. The third-order valence-corrected chi connectivity index (χ3v) is 4.79. The van der Waals surface area contributed by atoms with Crippen LogP contribution >= 0.6 is 0 Å². The van der Waals surface area contributed by atoms with Crippen LogP contribution in [0.25, 0.3) is 0 Å². The van der Waals surface area contributed by atoms with Gasteiger partial charge in [-0.15, -0.1) is 0 Å². The van der Waals surface area contributed by atoms with Crippen molar-refractivity contribution >= 4 is 5.91 Å². The number of carbonyl (C=O) groups excluding carboxylic acids is 1. The highest BCUT2D eigenvalue weighted by Gasteiger charge is 2.23. The van der Waals surface area contributed by atoms with Crippen LogP contribution in [0.4, 0.5) is 0 Å². The highest BCUT2D eigenvalue weighted by molar-refractivity contribution is 5.83. The Morgan fingerprint density at radius 3 is 2.23 bits per heavy atom. The van der Waals surface area contributed by atoms with Gasteiger partial charge in [-0.3, -0.25) is 4.79 Å². The van der Waals surface area contributed by atoms with E-state index < -0.39 is 0 Å². The molecule has 0 radical (unpaired) electrons. The maximum Gasteiger partial charge on any atom is 0.227 e. The van der Waals surface area contributed by atoms with Crippen molar-refractivity contribution < 1.29 is 14.4 Å². The summed E-state index contributed by atoms with van der Waals surface area (Å²) in [6, 6.07) is 18.3. The third-order valence-electron chi connectivity index (χ3n) is 4.79. The number of likely N-dealkylation sites (N-methyl/N-ethyl adjacent to an activating group) is 1. The molecule has 2 aromatic rings. The summed E-state index contributed by atoms with van der Waals surface area (Å²) in [5.41, 5.74) is 2.28. The Bertz CT molecular complexity index is 668. The van der Waals surface area contributed by atoms with Gasteiger partial charge in [0.1, 0.15) is 11.8 Å². The number of quaternary nitrogens is 1. The second-order valence-electron chi connectivity index (χ2n) is 6.90. The van der Waals surface area contributed by atoms with Gasteiger partial charge in [-0.25, -0.2) is 0 Å². The van der Waals surface area contributed by atoms with Gasteiger partial charge in [0.15, 0.2) is 0 Å². The summed E-state index contributed by atoms with van der Waals surface area (Å²) in [7, 11) is 5.89. The molecule has 0 bridgehead atoms. The van der Waals surface area contributed by atoms with E-state index in [1.165, 1.54) is 10.5 Å². The Kier molecular flexibility index (Phi) is 7.67. The second kappa shape index (κ2) is 9.97. The summed E-state index contributed by atoms with van der Waals surface area (Å²) in [6.45, 7) is 2.73. The number of nitrogens with one attached hydrogen (secondary N) is 2. The quantitative estimate of drug-likeness (QED) is 0.726. The summed E-state index contributed by atoms with van der Waals surface area (Å²) in [6.07, 6.45) is 1.84. The molecule has 2 rings (SSSR count). The van der Waals surface area contributed by atoms with Gasteiger partial charge in [-0.2, -0.15) is 0 Å². The minimum absolute atomic E-state index is 0.0881. The Hall–Kier alpha value is -2.33. The van der Waals surface area contributed by atoms with Crippen molar-refractivity contribution in [1.29, 1.82) is 0 Å². The zero-order valence-corrected chi connectivity index (χ0v) is 16.3. The number of hydrogen-bond donors (Lipinski definition) is 2. The molecule has 2 N–H and O–H groups in total. The second-order valence-corrected chi connectivity index (χ2v) is 6.90. The molecule has 0 aromatic heterocycles. The molecule has 2 aromatic carbocycles. The van der Waals surface area contributed by atoms with Crippen LogP contribution in [0.5, 0.6) is 5.75 Å². The number of rotatable bonds is 9. The lowest BCUT2D eigenvalue weighted by molar-refractivity contribution is -0.890. The number of benzene rings is 2. The molecule has 0 aliphatic rings. The number of methoxy groups -OCH3 is 1. The van der Waals surface area contributed by atoms with Gasteiger partial charge < -0.3 is 15.0 Å². The molecule has 0 aliphatic carbocycles. The lowest BCUT2D eigenvalue weighted by Gasteiger charge is -2.24.